The maximum absolute atomic E-state index is 11.6. The number of carboxylic acid groups (broad SMARTS) is 1. The molecule has 0 spiro atoms. The molecule has 2 aromatic rings. The van der Waals surface area contributed by atoms with Gasteiger partial charge in [0.2, 0.25) is 0 Å². The number of pyridine rings is 1. The fourth-order valence-corrected chi connectivity index (χ4v) is 2.91. The molecule has 9 heteroatoms. The van der Waals surface area contributed by atoms with Crippen LogP contribution in [0.3, 0.4) is 0 Å². The SMILES string of the molecule is CC(C)n1c(Sc2ncc(Br)cc2C(=O)O)n[nH]c1=O. The number of H-pyrrole nitrogens is 1. The minimum Gasteiger partial charge on any atom is -0.478 e. The van der Waals surface area contributed by atoms with Gasteiger partial charge in [-0.2, -0.15) is 0 Å². The standard InChI is InChI=1S/C11H11BrN4O3S/c1-5(2)16-10(19)14-15-11(16)20-8-7(9(17)18)3-6(12)4-13-8/h3-5H,1-2H3,(H,14,19)(H,17,18). The molecule has 106 valence electrons. The van der Waals surface area contributed by atoms with Crippen molar-refractivity contribution in [2.75, 3.05) is 0 Å². The van der Waals surface area contributed by atoms with Crippen LogP contribution >= 0.6 is 27.7 Å². The molecule has 7 nitrogen and oxygen atoms in total. The third-order valence-electron chi connectivity index (χ3n) is 2.42. The molecule has 0 aliphatic carbocycles. The molecule has 0 saturated carbocycles. The number of carbonyl (C=O) groups is 1. The van der Waals surface area contributed by atoms with Gasteiger partial charge in [-0.1, -0.05) is 0 Å². The van der Waals surface area contributed by atoms with Gasteiger partial charge in [0.1, 0.15) is 5.03 Å². The molecular weight excluding hydrogens is 348 g/mol. The largest absolute Gasteiger partial charge is 0.478 e. The Morgan fingerprint density at radius 1 is 1.55 bits per heavy atom. The normalized spacial score (nSPS) is 11.0. The average molecular weight is 359 g/mol. The maximum Gasteiger partial charge on any atom is 0.344 e. The molecule has 0 radical (unpaired) electrons. The maximum atomic E-state index is 11.6. The number of carboxylic acids is 1. The number of nitrogens with one attached hydrogen (secondary N) is 1. The van der Waals surface area contributed by atoms with Gasteiger partial charge in [0, 0.05) is 16.7 Å². The number of hydrogen-bond donors (Lipinski definition) is 2. The Kier molecular flexibility index (Phi) is 4.29. The summed E-state index contributed by atoms with van der Waals surface area (Å²) in [6.45, 7) is 3.68. The van der Waals surface area contributed by atoms with Crippen LogP contribution in [-0.2, 0) is 0 Å². The smallest absolute Gasteiger partial charge is 0.344 e. The van der Waals surface area contributed by atoms with Crippen molar-refractivity contribution in [2.45, 2.75) is 30.1 Å². The Morgan fingerprint density at radius 3 is 2.85 bits per heavy atom. The van der Waals surface area contributed by atoms with Gasteiger partial charge in [-0.05, 0) is 47.6 Å². The summed E-state index contributed by atoms with van der Waals surface area (Å²) in [6, 6.07) is 1.37. The van der Waals surface area contributed by atoms with E-state index in [-0.39, 0.29) is 22.3 Å². The number of aromatic nitrogens is 4. The van der Waals surface area contributed by atoms with Crippen LogP contribution in [0.4, 0.5) is 0 Å². The van der Waals surface area contributed by atoms with E-state index < -0.39 is 5.97 Å². The third kappa shape index (κ3) is 2.93. The molecule has 0 unspecified atom stereocenters. The molecule has 0 aliphatic heterocycles. The van der Waals surface area contributed by atoms with Gasteiger partial charge in [-0.15, -0.1) is 5.10 Å². The zero-order valence-electron chi connectivity index (χ0n) is 10.6. The zero-order chi connectivity index (χ0) is 14.9. The summed E-state index contributed by atoms with van der Waals surface area (Å²) in [6.07, 6.45) is 1.50. The first-order chi connectivity index (χ1) is 9.40. The summed E-state index contributed by atoms with van der Waals surface area (Å²) in [7, 11) is 0. The Hall–Kier alpha value is -1.61. The first kappa shape index (κ1) is 14.8. The van der Waals surface area contributed by atoms with E-state index >= 15 is 0 Å². The highest BCUT2D eigenvalue weighted by molar-refractivity contribution is 9.10. The lowest BCUT2D eigenvalue weighted by molar-refractivity contribution is 0.0692. The average Bonchev–Trinajstić information content (AvgIpc) is 2.72. The molecule has 0 atom stereocenters. The first-order valence-corrected chi connectivity index (χ1v) is 7.24. The van der Waals surface area contributed by atoms with Crippen LogP contribution in [0.5, 0.6) is 0 Å². The van der Waals surface area contributed by atoms with Gasteiger partial charge in [0.25, 0.3) is 0 Å². The van der Waals surface area contributed by atoms with Crippen molar-refractivity contribution in [3.05, 3.63) is 32.8 Å². The second-order valence-corrected chi connectivity index (χ2v) is 6.06. The van der Waals surface area contributed by atoms with Gasteiger partial charge in [0.05, 0.1) is 5.56 Å². The van der Waals surface area contributed by atoms with E-state index in [4.69, 9.17) is 0 Å². The fourth-order valence-electron chi connectivity index (χ4n) is 1.57. The van der Waals surface area contributed by atoms with Crippen molar-refractivity contribution in [1.82, 2.24) is 19.7 Å². The van der Waals surface area contributed by atoms with E-state index in [2.05, 4.69) is 31.1 Å². The van der Waals surface area contributed by atoms with Crippen LogP contribution < -0.4 is 5.69 Å². The molecule has 2 aromatic heterocycles. The molecule has 2 rings (SSSR count). The summed E-state index contributed by atoms with van der Waals surface area (Å²) >= 11 is 4.21. The highest BCUT2D eigenvalue weighted by atomic mass is 79.9. The molecule has 0 aliphatic rings. The molecule has 0 fully saturated rings. The number of hydrogen-bond acceptors (Lipinski definition) is 5. The molecule has 2 heterocycles. The molecule has 0 amide bonds. The lowest BCUT2D eigenvalue weighted by Crippen LogP contribution is -2.19. The summed E-state index contributed by atoms with van der Waals surface area (Å²) in [5, 5.41) is 16.1. The molecule has 20 heavy (non-hydrogen) atoms. The summed E-state index contributed by atoms with van der Waals surface area (Å²) < 4.78 is 2.02. The van der Waals surface area contributed by atoms with Crippen molar-refractivity contribution in [3.8, 4) is 0 Å². The fraction of sp³-hybridized carbons (Fsp3) is 0.273. The van der Waals surface area contributed by atoms with Gasteiger partial charge in [-0.3, -0.25) is 4.57 Å². The number of halogens is 1. The Bertz CT molecular complexity index is 710. The lowest BCUT2D eigenvalue weighted by atomic mass is 10.3. The second kappa shape index (κ2) is 5.80. The predicted octanol–water partition coefficient (Wildman–Crippen LogP) is 2.16. The first-order valence-electron chi connectivity index (χ1n) is 5.63. The topological polar surface area (TPSA) is 101 Å². The number of aromatic carboxylic acids is 1. The Balaban J connectivity index is 2.45. The Labute approximate surface area is 126 Å². The third-order valence-corrected chi connectivity index (χ3v) is 3.85. The van der Waals surface area contributed by atoms with Crippen molar-refractivity contribution in [3.63, 3.8) is 0 Å². The van der Waals surface area contributed by atoms with Crippen LogP contribution in [0, 0.1) is 0 Å². The van der Waals surface area contributed by atoms with Gasteiger partial charge >= 0.3 is 11.7 Å². The minimum atomic E-state index is -1.09. The summed E-state index contributed by atoms with van der Waals surface area (Å²) in [5.41, 5.74) is -0.286. The highest BCUT2D eigenvalue weighted by Gasteiger charge is 2.18. The highest BCUT2D eigenvalue weighted by Crippen LogP contribution is 2.29. The van der Waals surface area contributed by atoms with Gasteiger partial charge in [-0.25, -0.2) is 19.7 Å². The lowest BCUT2D eigenvalue weighted by Gasteiger charge is -2.09. The molecule has 2 N–H and O–H groups in total. The van der Waals surface area contributed by atoms with E-state index in [0.717, 1.165) is 11.8 Å². The van der Waals surface area contributed by atoms with E-state index in [1.165, 1.54) is 16.8 Å². The quantitative estimate of drug-likeness (QED) is 0.868. The van der Waals surface area contributed by atoms with E-state index in [1.807, 2.05) is 13.8 Å². The number of rotatable bonds is 4. The predicted molar refractivity (Wildman–Crippen MR) is 76.3 cm³/mol. The second-order valence-electron chi connectivity index (χ2n) is 4.19. The monoisotopic (exact) mass is 358 g/mol. The molecular formula is C11H11BrN4O3S. The van der Waals surface area contributed by atoms with E-state index in [1.54, 1.807) is 0 Å². The Morgan fingerprint density at radius 2 is 2.25 bits per heavy atom. The molecule has 0 saturated heterocycles. The van der Waals surface area contributed by atoms with Crippen molar-refractivity contribution in [1.29, 1.82) is 0 Å². The van der Waals surface area contributed by atoms with Crippen LogP contribution in [0.15, 0.2) is 31.7 Å². The van der Waals surface area contributed by atoms with Gasteiger partial charge in [0.15, 0.2) is 5.16 Å². The van der Waals surface area contributed by atoms with Crippen molar-refractivity contribution < 1.29 is 9.90 Å². The summed E-state index contributed by atoms with van der Waals surface area (Å²) in [4.78, 5) is 26.9. The summed E-state index contributed by atoms with van der Waals surface area (Å²) in [5.74, 6) is -1.09. The number of nitrogens with zero attached hydrogens (tertiary/aromatic N) is 3. The zero-order valence-corrected chi connectivity index (χ0v) is 13.0. The van der Waals surface area contributed by atoms with Crippen molar-refractivity contribution in [2.24, 2.45) is 0 Å². The van der Waals surface area contributed by atoms with E-state index in [9.17, 15) is 14.7 Å². The minimum absolute atomic E-state index is 0.0510. The van der Waals surface area contributed by atoms with Crippen LogP contribution in [0.2, 0.25) is 0 Å². The van der Waals surface area contributed by atoms with Crippen molar-refractivity contribution >= 4 is 33.7 Å². The van der Waals surface area contributed by atoms with Crippen LogP contribution in [0.1, 0.15) is 30.2 Å². The van der Waals surface area contributed by atoms with Crippen LogP contribution in [-0.4, -0.2) is 30.8 Å². The van der Waals surface area contributed by atoms with Crippen LogP contribution in [0.25, 0.3) is 0 Å². The molecule has 0 bridgehead atoms. The van der Waals surface area contributed by atoms with Gasteiger partial charge < -0.3 is 5.11 Å². The van der Waals surface area contributed by atoms with E-state index in [0.29, 0.717) is 9.63 Å². The molecule has 0 aromatic carbocycles. The number of aromatic amines is 1.